The Morgan fingerprint density at radius 3 is 1.85 bits per heavy atom. The third kappa shape index (κ3) is 12.7. The highest BCUT2D eigenvalue weighted by atomic mass is 16.6. The van der Waals surface area contributed by atoms with Gasteiger partial charge in [0, 0.05) is 0 Å². The number of methoxy groups -OCH3 is 1. The SMILES string of the molecule is COc1cc(C=CC(C(=O)OCCCCCC(C)C)C(=O)OCCCCCC(C)C)ccc1O. The van der Waals surface area contributed by atoms with E-state index < -0.39 is 17.9 Å². The van der Waals surface area contributed by atoms with Gasteiger partial charge in [0.05, 0.1) is 20.3 Å². The van der Waals surface area contributed by atoms with E-state index in [1.165, 1.54) is 19.3 Å². The van der Waals surface area contributed by atoms with E-state index in [1.54, 1.807) is 18.2 Å². The zero-order valence-electron chi connectivity index (χ0n) is 21.7. The van der Waals surface area contributed by atoms with Crippen LogP contribution in [0.1, 0.15) is 84.6 Å². The van der Waals surface area contributed by atoms with E-state index in [4.69, 9.17) is 14.2 Å². The summed E-state index contributed by atoms with van der Waals surface area (Å²) in [6, 6.07) is 4.80. The summed E-state index contributed by atoms with van der Waals surface area (Å²) in [6.07, 6.45) is 11.1. The van der Waals surface area contributed by atoms with Crippen LogP contribution in [0.25, 0.3) is 6.08 Å². The van der Waals surface area contributed by atoms with E-state index in [0.29, 0.717) is 23.1 Å². The van der Waals surface area contributed by atoms with Crippen molar-refractivity contribution < 1.29 is 28.9 Å². The van der Waals surface area contributed by atoms with E-state index in [9.17, 15) is 14.7 Å². The molecule has 1 aromatic carbocycles. The molecule has 0 radical (unpaired) electrons. The summed E-state index contributed by atoms with van der Waals surface area (Å²) in [5, 5.41) is 9.77. The number of benzene rings is 1. The Bertz CT molecular complexity index is 721. The smallest absolute Gasteiger partial charge is 0.324 e. The molecule has 0 fully saturated rings. The highest BCUT2D eigenvalue weighted by molar-refractivity contribution is 5.97. The van der Waals surface area contributed by atoms with Crippen LogP contribution in [-0.2, 0) is 19.1 Å². The molecule has 0 unspecified atom stereocenters. The Morgan fingerprint density at radius 2 is 1.38 bits per heavy atom. The molecule has 0 saturated heterocycles. The summed E-state index contributed by atoms with van der Waals surface area (Å²) in [5.74, 6) is -0.680. The Balaban J connectivity index is 2.69. The standard InChI is InChI=1S/C28H44O6/c1-21(2)12-8-6-10-18-33-27(30)24(28(31)34-19-11-7-9-13-22(3)4)16-14-23-15-17-25(29)26(20-23)32-5/h14-17,20-22,24,29H,6-13,18-19H2,1-5H3. The number of phenolic OH excluding ortho intramolecular Hbond substituents is 1. The molecule has 1 rings (SSSR count). The van der Waals surface area contributed by atoms with Crippen molar-refractivity contribution in [2.75, 3.05) is 20.3 Å². The minimum absolute atomic E-state index is 0.0185. The second kappa shape index (κ2) is 17.0. The Labute approximate surface area is 205 Å². The van der Waals surface area contributed by atoms with Gasteiger partial charge in [-0.25, -0.2) is 0 Å². The number of phenols is 1. The maximum atomic E-state index is 12.7. The van der Waals surface area contributed by atoms with Crippen LogP contribution < -0.4 is 4.74 Å². The van der Waals surface area contributed by atoms with Crippen molar-refractivity contribution in [2.45, 2.75) is 79.1 Å². The Kier molecular flexibility index (Phi) is 14.8. The number of hydrogen-bond donors (Lipinski definition) is 1. The first-order valence-electron chi connectivity index (χ1n) is 12.6. The van der Waals surface area contributed by atoms with Gasteiger partial charge in [-0.3, -0.25) is 9.59 Å². The van der Waals surface area contributed by atoms with E-state index in [0.717, 1.165) is 51.4 Å². The lowest BCUT2D eigenvalue weighted by molar-refractivity contribution is -0.159. The van der Waals surface area contributed by atoms with Crippen LogP contribution in [0.5, 0.6) is 11.5 Å². The molecule has 0 atom stereocenters. The minimum Gasteiger partial charge on any atom is -0.504 e. The molecule has 0 aliphatic heterocycles. The fourth-order valence-electron chi connectivity index (χ4n) is 3.45. The van der Waals surface area contributed by atoms with Crippen molar-refractivity contribution >= 4 is 18.0 Å². The molecule has 0 bridgehead atoms. The van der Waals surface area contributed by atoms with Crippen LogP contribution in [-0.4, -0.2) is 37.4 Å². The lowest BCUT2D eigenvalue weighted by atomic mass is 10.1. The molecule has 0 spiro atoms. The predicted octanol–water partition coefficient (Wildman–Crippen LogP) is 6.55. The van der Waals surface area contributed by atoms with Gasteiger partial charge in [0.2, 0.25) is 0 Å². The third-order valence-electron chi connectivity index (χ3n) is 5.53. The summed E-state index contributed by atoms with van der Waals surface area (Å²) in [6.45, 7) is 9.34. The molecule has 0 aromatic heterocycles. The molecule has 1 aromatic rings. The third-order valence-corrected chi connectivity index (χ3v) is 5.53. The average Bonchev–Trinajstić information content (AvgIpc) is 2.79. The molecule has 0 saturated carbocycles. The van der Waals surface area contributed by atoms with Crippen LogP contribution >= 0.6 is 0 Å². The molecular weight excluding hydrogens is 432 g/mol. The number of esters is 2. The molecule has 0 amide bonds. The van der Waals surface area contributed by atoms with Crippen LogP contribution in [0, 0.1) is 17.8 Å². The number of carbonyl (C=O) groups is 2. The van der Waals surface area contributed by atoms with Crippen LogP contribution in [0.4, 0.5) is 0 Å². The summed E-state index contributed by atoms with van der Waals surface area (Å²) in [7, 11) is 1.46. The molecule has 1 N–H and O–H groups in total. The lowest BCUT2D eigenvalue weighted by Gasteiger charge is -2.13. The van der Waals surface area contributed by atoms with Crippen LogP contribution in [0.2, 0.25) is 0 Å². The molecule has 0 aliphatic carbocycles. The fraction of sp³-hybridized carbons (Fsp3) is 0.643. The normalized spacial score (nSPS) is 11.5. The van der Waals surface area contributed by atoms with Gasteiger partial charge >= 0.3 is 11.9 Å². The van der Waals surface area contributed by atoms with Gasteiger partial charge in [-0.2, -0.15) is 0 Å². The largest absolute Gasteiger partial charge is 0.504 e. The first-order chi connectivity index (χ1) is 16.2. The maximum Gasteiger partial charge on any atom is 0.324 e. The van der Waals surface area contributed by atoms with Gasteiger partial charge in [-0.1, -0.05) is 84.4 Å². The van der Waals surface area contributed by atoms with Gasteiger partial charge in [-0.05, 0) is 42.4 Å². The highest BCUT2D eigenvalue weighted by Crippen LogP contribution is 2.27. The summed E-state index contributed by atoms with van der Waals surface area (Å²) < 4.78 is 15.9. The molecular formula is C28H44O6. The van der Waals surface area contributed by atoms with Crippen LogP contribution in [0.3, 0.4) is 0 Å². The van der Waals surface area contributed by atoms with Gasteiger partial charge in [-0.15, -0.1) is 0 Å². The molecule has 0 heterocycles. The summed E-state index contributed by atoms with van der Waals surface area (Å²) >= 11 is 0. The zero-order chi connectivity index (χ0) is 25.3. The van der Waals surface area contributed by atoms with Crippen molar-refractivity contribution in [2.24, 2.45) is 17.8 Å². The summed E-state index contributed by atoms with van der Waals surface area (Å²) in [4.78, 5) is 25.4. The molecule has 192 valence electrons. The van der Waals surface area contributed by atoms with Crippen molar-refractivity contribution in [3.05, 3.63) is 29.8 Å². The number of carbonyl (C=O) groups excluding carboxylic acids is 2. The van der Waals surface area contributed by atoms with Gasteiger partial charge in [0.15, 0.2) is 17.4 Å². The minimum atomic E-state index is -1.13. The van der Waals surface area contributed by atoms with E-state index in [-0.39, 0.29) is 19.0 Å². The quantitative estimate of drug-likeness (QED) is 0.156. The molecule has 6 heteroatoms. The average molecular weight is 477 g/mol. The monoisotopic (exact) mass is 476 g/mol. The van der Waals surface area contributed by atoms with Crippen LogP contribution in [0.15, 0.2) is 24.3 Å². The van der Waals surface area contributed by atoms with E-state index >= 15 is 0 Å². The van der Waals surface area contributed by atoms with E-state index in [2.05, 4.69) is 27.7 Å². The second-order valence-corrected chi connectivity index (χ2v) is 9.59. The Morgan fingerprint density at radius 1 is 0.853 bits per heavy atom. The topological polar surface area (TPSA) is 82.1 Å². The Hall–Kier alpha value is -2.50. The second-order valence-electron chi connectivity index (χ2n) is 9.59. The first kappa shape index (κ1) is 29.5. The molecule has 34 heavy (non-hydrogen) atoms. The predicted molar refractivity (Wildman–Crippen MR) is 136 cm³/mol. The number of ether oxygens (including phenoxy) is 3. The number of unbranched alkanes of at least 4 members (excludes halogenated alkanes) is 4. The van der Waals surface area contributed by atoms with Crippen molar-refractivity contribution in [3.8, 4) is 11.5 Å². The van der Waals surface area contributed by atoms with E-state index in [1.807, 2.05) is 0 Å². The lowest BCUT2D eigenvalue weighted by Crippen LogP contribution is -2.27. The first-order valence-corrected chi connectivity index (χ1v) is 12.6. The van der Waals surface area contributed by atoms with Gasteiger partial charge in [0.1, 0.15) is 0 Å². The zero-order valence-corrected chi connectivity index (χ0v) is 21.7. The number of rotatable bonds is 17. The molecule has 6 nitrogen and oxygen atoms in total. The van der Waals surface area contributed by atoms with Crippen molar-refractivity contribution in [3.63, 3.8) is 0 Å². The summed E-state index contributed by atoms with van der Waals surface area (Å²) in [5.41, 5.74) is 0.683. The number of hydrogen-bond acceptors (Lipinski definition) is 6. The fourth-order valence-corrected chi connectivity index (χ4v) is 3.45. The molecule has 0 aliphatic rings. The number of aromatic hydroxyl groups is 1. The van der Waals surface area contributed by atoms with Crippen molar-refractivity contribution in [1.29, 1.82) is 0 Å². The maximum absolute atomic E-state index is 12.7. The van der Waals surface area contributed by atoms with Crippen molar-refractivity contribution in [1.82, 2.24) is 0 Å². The van der Waals surface area contributed by atoms with Gasteiger partial charge < -0.3 is 19.3 Å². The van der Waals surface area contributed by atoms with Gasteiger partial charge in [0.25, 0.3) is 0 Å². The highest BCUT2D eigenvalue weighted by Gasteiger charge is 2.27.